The summed E-state index contributed by atoms with van der Waals surface area (Å²) in [5, 5.41) is 0. The lowest BCUT2D eigenvalue weighted by Crippen LogP contribution is -2.23. The third-order valence-electron chi connectivity index (χ3n) is 3.18. The maximum atomic E-state index is 12.2. The second-order valence-corrected chi connectivity index (χ2v) is 8.88. The van der Waals surface area contributed by atoms with Crippen LogP contribution in [0.15, 0.2) is 21.7 Å². The molecule has 2 aromatic heterocycles. The van der Waals surface area contributed by atoms with Gasteiger partial charge in [0, 0.05) is 28.6 Å². The highest BCUT2D eigenvalue weighted by Crippen LogP contribution is 2.20. The van der Waals surface area contributed by atoms with Crippen molar-refractivity contribution in [2.75, 3.05) is 6.61 Å². The number of ether oxygens (including phenoxy) is 1. The molecule has 5 nitrogen and oxygen atoms in total. The highest BCUT2D eigenvalue weighted by molar-refractivity contribution is 9.10. The van der Waals surface area contributed by atoms with Gasteiger partial charge in [-0.15, -0.1) is 0 Å². The van der Waals surface area contributed by atoms with Crippen LogP contribution in [0.4, 0.5) is 0 Å². The highest BCUT2D eigenvalue weighted by atomic mass is 79.9. The van der Waals surface area contributed by atoms with Crippen molar-refractivity contribution in [2.45, 2.75) is 32.3 Å². The standard InChI is InChI=1S/C13H19BrN3O2Si/c1-16-12-10(14)7-15-8-11(12)17(13(16)18)9-19-5-4-6-20(2)3/h7-8H,4-6,9H2,1-3H3. The smallest absolute Gasteiger partial charge is 0.330 e. The number of hydrogen-bond acceptors (Lipinski definition) is 3. The van der Waals surface area contributed by atoms with Crippen LogP contribution in [-0.2, 0) is 18.5 Å². The third kappa shape index (κ3) is 3.21. The molecule has 2 rings (SSSR count). The number of hydrogen-bond donors (Lipinski definition) is 0. The molecule has 0 spiro atoms. The van der Waals surface area contributed by atoms with Gasteiger partial charge in [0.2, 0.25) is 0 Å². The average molecular weight is 357 g/mol. The molecule has 2 heterocycles. The number of rotatable bonds is 6. The molecule has 0 aliphatic rings. The molecule has 0 aliphatic heterocycles. The number of aromatic nitrogens is 3. The van der Waals surface area contributed by atoms with E-state index in [1.807, 2.05) is 0 Å². The van der Waals surface area contributed by atoms with E-state index in [9.17, 15) is 4.79 Å². The van der Waals surface area contributed by atoms with Gasteiger partial charge in [0.25, 0.3) is 0 Å². The molecule has 109 valence electrons. The minimum Gasteiger partial charge on any atom is -0.361 e. The Hall–Kier alpha value is -0.923. The minimum absolute atomic E-state index is 0.0792. The second-order valence-electron chi connectivity index (χ2n) is 5.11. The molecular formula is C13H19BrN3O2Si. The number of imidazole rings is 1. The van der Waals surface area contributed by atoms with Crippen LogP contribution >= 0.6 is 15.9 Å². The lowest BCUT2D eigenvalue weighted by Gasteiger charge is -2.06. The first-order valence-electron chi connectivity index (χ1n) is 6.58. The fourth-order valence-corrected chi connectivity index (χ4v) is 3.57. The maximum absolute atomic E-state index is 12.2. The van der Waals surface area contributed by atoms with Gasteiger partial charge in [-0.05, 0) is 22.4 Å². The van der Waals surface area contributed by atoms with Gasteiger partial charge >= 0.3 is 5.69 Å². The zero-order valence-corrected chi connectivity index (χ0v) is 14.6. The molecule has 0 bridgehead atoms. The van der Waals surface area contributed by atoms with E-state index in [-0.39, 0.29) is 21.2 Å². The van der Waals surface area contributed by atoms with Gasteiger partial charge in [-0.2, -0.15) is 0 Å². The number of fused-ring (bicyclic) bond motifs is 1. The van der Waals surface area contributed by atoms with Gasteiger partial charge in [0.15, 0.2) is 0 Å². The molecule has 0 amide bonds. The number of aryl methyl sites for hydroxylation is 1. The molecule has 2 aromatic rings. The van der Waals surface area contributed by atoms with Crippen LogP contribution in [0.3, 0.4) is 0 Å². The van der Waals surface area contributed by atoms with Crippen LogP contribution in [0, 0.1) is 0 Å². The summed E-state index contributed by atoms with van der Waals surface area (Å²) in [4.78, 5) is 16.3. The molecule has 0 N–H and O–H groups in total. The second kappa shape index (κ2) is 6.69. The van der Waals surface area contributed by atoms with Gasteiger partial charge in [-0.3, -0.25) is 14.1 Å². The summed E-state index contributed by atoms with van der Waals surface area (Å²) >= 11 is 3.43. The summed E-state index contributed by atoms with van der Waals surface area (Å²) in [6.45, 7) is 5.57. The molecule has 0 saturated carbocycles. The first-order valence-corrected chi connectivity index (χ1v) is 10.1. The fraction of sp³-hybridized carbons (Fsp3) is 0.538. The van der Waals surface area contributed by atoms with Crippen molar-refractivity contribution in [3.8, 4) is 0 Å². The monoisotopic (exact) mass is 356 g/mol. The number of halogens is 1. The van der Waals surface area contributed by atoms with Gasteiger partial charge < -0.3 is 4.74 Å². The Morgan fingerprint density at radius 3 is 2.85 bits per heavy atom. The molecular weight excluding hydrogens is 338 g/mol. The predicted molar refractivity (Wildman–Crippen MR) is 85.5 cm³/mol. The molecule has 0 unspecified atom stereocenters. The van der Waals surface area contributed by atoms with E-state index in [2.05, 4.69) is 34.0 Å². The molecule has 1 radical (unpaired) electrons. The summed E-state index contributed by atoms with van der Waals surface area (Å²) in [5.41, 5.74) is 1.56. The van der Waals surface area contributed by atoms with Gasteiger partial charge in [0.05, 0.1) is 21.7 Å². The molecule has 0 atom stereocenters. The van der Waals surface area contributed by atoms with Crippen LogP contribution < -0.4 is 5.69 Å². The Balaban J connectivity index is 2.13. The third-order valence-corrected chi connectivity index (χ3v) is 5.12. The lowest BCUT2D eigenvalue weighted by molar-refractivity contribution is 0.0775. The molecule has 0 aromatic carbocycles. The van der Waals surface area contributed by atoms with Crippen LogP contribution in [0.25, 0.3) is 11.0 Å². The topological polar surface area (TPSA) is 49.0 Å². The Morgan fingerprint density at radius 1 is 1.40 bits per heavy atom. The van der Waals surface area contributed by atoms with Crippen molar-refractivity contribution in [1.82, 2.24) is 14.1 Å². The lowest BCUT2D eigenvalue weighted by atomic mass is 10.4. The largest absolute Gasteiger partial charge is 0.361 e. The number of nitrogens with zero attached hydrogens (tertiary/aromatic N) is 3. The Labute approximate surface area is 128 Å². The normalized spacial score (nSPS) is 11.7. The van der Waals surface area contributed by atoms with Crippen molar-refractivity contribution in [3.05, 3.63) is 27.4 Å². The molecule has 0 aliphatic carbocycles. The first-order chi connectivity index (χ1) is 9.52. The summed E-state index contributed by atoms with van der Waals surface area (Å²) in [6, 6.07) is 1.24. The maximum Gasteiger partial charge on any atom is 0.330 e. The summed E-state index contributed by atoms with van der Waals surface area (Å²) in [7, 11) is 1.57. The minimum atomic E-state index is -0.192. The Morgan fingerprint density at radius 2 is 2.15 bits per heavy atom. The fourth-order valence-electron chi connectivity index (χ4n) is 2.14. The van der Waals surface area contributed by atoms with E-state index in [0.29, 0.717) is 6.61 Å². The molecule has 0 fully saturated rings. The Bertz CT molecular complexity index is 651. The van der Waals surface area contributed by atoms with E-state index in [1.165, 1.54) is 6.04 Å². The van der Waals surface area contributed by atoms with Gasteiger partial charge in [0.1, 0.15) is 6.73 Å². The van der Waals surface area contributed by atoms with Crippen LogP contribution in [-0.4, -0.2) is 29.5 Å². The van der Waals surface area contributed by atoms with E-state index in [1.54, 1.807) is 28.6 Å². The summed E-state index contributed by atoms with van der Waals surface area (Å²) < 4.78 is 9.69. The van der Waals surface area contributed by atoms with Crippen LogP contribution in [0.5, 0.6) is 0 Å². The van der Waals surface area contributed by atoms with Gasteiger partial charge in [-0.1, -0.05) is 19.1 Å². The zero-order chi connectivity index (χ0) is 14.7. The molecule has 20 heavy (non-hydrogen) atoms. The van der Waals surface area contributed by atoms with Crippen molar-refractivity contribution >= 4 is 35.8 Å². The van der Waals surface area contributed by atoms with Crippen LogP contribution in [0.2, 0.25) is 19.1 Å². The summed E-state index contributed by atoms with van der Waals surface area (Å²) in [6.07, 6.45) is 4.45. The van der Waals surface area contributed by atoms with Crippen molar-refractivity contribution in [2.24, 2.45) is 7.05 Å². The Kier molecular flexibility index (Phi) is 5.17. The SMILES string of the molecule is Cn1c(=O)n(COCCC[Si](C)C)c2cncc(Br)c21. The summed E-state index contributed by atoms with van der Waals surface area (Å²) in [5.74, 6) is 0. The van der Waals surface area contributed by atoms with Crippen molar-refractivity contribution < 1.29 is 4.74 Å². The highest BCUT2D eigenvalue weighted by Gasteiger charge is 2.13. The van der Waals surface area contributed by atoms with E-state index < -0.39 is 0 Å². The predicted octanol–water partition coefficient (Wildman–Crippen LogP) is 2.62. The average Bonchev–Trinajstić information content (AvgIpc) is 2.64. The van der Waals surface area contributed by atoms with Crippen molar-refractivity contribution in [1.29, 1.82) is 0 Å². The van der Waals surface area contributed by atoms with E-state index in [0.717, 1.165) is 21.9 Å². The first kappa shape index (κ1) is 15.5. The van der Waals surface area contributed by atoms with E-state index in [4.69, 9.17) is 4.74 Å². The quantitative estimate of drug-likeness (QED) is 0.590. The molecule has 0 saturated heterocycles. The van der Waals surface area contributed by atoms with Crippen LogP contribution in [0.1, 0.15) is 6.42 Å². The van der Waals surface area contributed by atoms with E-state index >= 15 is 0 Å². The van der Waals surface area contributed by atoms with Crippen molar-refractivity contribution in [3.63, 3.8) is 0 Å². The zero-order valence-electron chi connectivity index (χ0n) is 12.0. The number of pyridine rings is 1. The van der Waals surface area contributed by atoms with Gasteiger partial charge in [-0.25, -0.2) is 4.79 Å². The molecule has 7 heteroatoms.